The number of Topliss-reactive ketones (excluding diaryl/α,β-unsaturated/α-hetero) is 1. The fourth-order valence-corrected chi connectivity index (χ4v) is 4.10. The maximum Gasteiger partial charge on any atom is 0.315 e. The molecule has 2 atom stereocenters. The van der Waals surface area contributed by atoms with Gasteiger partial charge in [-0.05, 0) is 18.6 Å². The predicted molar refractivity (Wildman–Crippen MR) is 101 cm³/mol. The van der Waals surface area contributed by atoms with Gasteiger partial charge in [0, 0.05) is 33.4 Å². The minimum Gasteiger partial charge on any atom is -0.468 e. The summed E-state index contributed by atoms with van der Waals surface area (Å²) in [5, 5.41) is 0.511. The standard InChI is InChI=1S/C21H16ClNO3/c1-11-16(21(25)26-2)17(14-9-5-6-10-15(14)22)18-19(23-11)12-7-3-4-8-13(12)20(18)24/h3-10,16-17H,1-2H3. The molecule has 0 bridgehead atoms. The molecule has 4 rings (SSSR count). The second-order valence-corrected chi connectivity index (χ2v) is 6.80. The quantitative estimate of drug-likeness (QED) is 0.746. The number of fused-ring (bicyclic) bond motifs is 2. The Balaban J connectivity index is 1.99. The Hall–Kier alpha value is -2.72. The number of aliphatic imine (C=N–C) groups is 1. The predicted octanol–water partition coefficient (Wildman–Crippen LogP) is 4.29. The first-order chi connectivity index (χ1) is 12.5. The highest BCUT2D eigenvalue weighted by Gasteiger charge is 2.46. The number of rotatable bonds is 2. The molecular formula is C21H16ClNO3. The van der Waals surface area contributed by atoms with Crippen LogP contribution in [0.3, 0.4) is 0 Å². The highest BCUT2D eigenvalue weighted by molar-refractivity contribution is 6.32. The number of nitrogens with zero attached hydrogens (tertiary/aromatic N) is 1. The van der Waals surface area contributed by atoms with Crippen LogP contribution in [0.1, 0.15) is 34.3 Å². The molecule has 2 unspecified atom stereocenters. The van der Waals surface area contributed by atoms with E-state index in [9.17, 15) is 9.59 Å². The zero-order valence-electron chi connectivity index (χ0n) is 14.3. The van der Waals surface area contributed by atoms with Crippen LogP contribution in [-0.2, 0) is 9.53 Å². The van der Waals surface area contributed by atoms with Crippen LogP contribution < -0.4 is 0 Å². The molecule has 1 heterocycles. The lowest BCUT2D eigenvalue weighted by atomic mass is 9.75. The maximum atomic E-state index is 13.2. The highest BCUT2D eigenvalue weighted by atomic mass is 35.5. The van der Waals surface area contributed by atoms with Crippen LogP contribution in [-0.4, -0.2) is 24.6 Å². The van der Waals surface area contributed by atoms with Gasteiger partial charge in [0.15, 0.2) is 5.78 Å². The number of carbonyl (C=O) groups is 2. The van der Waals surface area contributed by atoms with Gasteiger partial charge in [0.05, 0.1) is 12.8 Å². The molecule has 26 heavy (non-hydrogen) atoms. The van der Waals surface area contributed by atoms with Gasteiger partial charge in [-0.1, -0.05) is 54.1 Å². The summed E-state index contributed by atoms with van der Waals surface area (Å²) >= 11 is 6.44. The summed E-state index contributed by atoms with van der Waals surface area (Å²) < 4.78 is 5.02. The van der Waals surface area contributed by atoms with E-state index in [1.165, 1.54) is 7.11 Å². The first kappa shape index (κ1) is 16.7. The summed E-state index contributed by atoms with van der Waals surface area (Å²) in [7, 11) is 1.34. The lowest BCUT2D eigenvalue weighted by Gasteiger charge is -2.30. The Morgan fingerprint density at radius 2 is 1.73 bits per heavy atom. The molecule has 0 fully saturated rings. The number of esters is 1. The molecule has 2 aromatic rings. The Kier molecular flexibility index (Phi) is 4.00. The van der Waals surface area contributed by atoms with Crippen molar-refractivity contribution in [3.8, 4) is 0 Å². The van der Waals surface area contributed by atoms with E-state index in [1.807, 2.05) is 36.4 Å². The molecule has 4 nitrogen and oxygen atoms in total. The first-order valence-corrected chi connectivity index (χ1v) is 8.68. The maximum absolute atomic E-state index is 13.2. The summed E-state index contributed by atoms with van der Waals surface area (Å²) in [6, 6.07) is 14.7. The van der Waals surface area contributed by atoms with E-state index in [0.29, 0.717) is 27.6 Å². The van der Waals surface area contributed by atoms with E-state index in [4.69, 9.17) is 16.3 Å². The summed E-state index contributed by atoms with van der Waals surface area (Å²) in [6.07, 6.45) is 0. The topological polar surface area (TPSA) is 55.7 Å². The Morgan fingerprint density at radius 1 is 1.08 bits per heavy atom. The number of hydrogen-bond acceptors (Lipinski definition) is 4. The minimum atomic E-state index is -0.683. The average molecular weight is 366 g/mol. The van der Waals surface area contributed by atoms with Gasteiger partial charge in [-0.2, -0.15) is 0 Å². The fourth-order valence-electron chi connectivity index (χ4n) is 3.84. The second kappa shape index (κ2) is 6.22. The number of hydrogen-bond donors (Lipinski definition) is 0. The van der Waals surface area contributed by atoms with Crippen molar-refractivity contribution in [2.24, 2.45) is 10.9 Å². The molecule has 1 aliphatic carbocycles. The Labute approximate surface area is 156 Å². The smallest absolute Gasteiger partial charge is 0.315 e. The summed E-state index contributed by atoms with van der Waals surface area (Å²) in [5.74, 6) is -1.74. The van der Waals surface area contributed by atoms with Gasteiger partial charge >= 0.3 is 5.97 Å². The van der Waals surface area contributed by atoms with Crippen molar-refractivity contribution >= 4 is 34.8 Å². The van der Waals surface area contributed by atoms with Crippen LogP contribution >= 0.6 is 11.6 Å². The van der Waals surface area contributed by atoms with Crippen molar-refractivity contribution < 1.29 is 14.3 Å². The van der Waals surface area contributed by atoms with Gasteiger partial charge in [-0.15, -0.1) is 0 Å². The number of benzene rings is 2. The molecule has 0 spiro atoms. The van der Waals surface area contributed by atoms with Crippen molar-refractivity contribution in [2.45, 2.75) is 12.8 Å². The number of ketones is 1. The van der Waals surface area contributed by atoms with E-state index in [1.54, 1.807) is 19.1 Å². The molecule has 0 N–H and O–H groups in total. The molecule has 0 amide bonds. The van der Waals surface area contributed by atoms with E-state index >= 15 is 0 Å². The van der Waals surface area contributed by atoms with E-state index in [0.717, 1.165) is 11.1 Å². The van der Waals surface area contributed by atoms with E-state index in [-0.39, 0.29) is 5.78 Å². The van der Waals surface area contributed by atoms with Gasteiger partial charge in [-0.3, -0.25) is 14.6 Å². The van der Waals surface area contributed by atoms with Crippen molar-refractivity contribution in [1.82, 2.24) is 0 Å². The lowest BCUT2D eigenvalue weighted by Crippen LogP contribution is -2.34. The average Bonchev–Trinajstić information content (AvgIpc) is 2.93. The van der Waals surface area contributed by atoms with Crippen LogP contribution in [0.15, 0.2) is 59.1 Å². The molecule has 2 aromatic carbocycles. The monoisotopic (exact) mass is 365 g/mol. The molecule has 1 aliphatic heterocycles. The number of halogens is 1. The fraction of sp³-hybridized carbons (Fsp3) is 0.190. The number of carbonyl (C=O) groups excluding carboxylic acids is 2. The number of ether oxygens (including phenoxy) is 1. The lowest BCUT2D eigenvalue weighted by molar-refractivity contribution is -0.143. The van der Waals surface area contributed by atoms with Gasteiger partial charge in [0.1, 0.15) is 5.92 Å². The molecule has 0 radical (unpaired) electrons. The zero-order chi connectivity index (χ0) is 18.4. The third-order valence-corrected chi connectivity index (χ3v) is 5.35. The van der Waals surface area contributed by atoms with Gasteiger partial charge in [0.2, 0.25) is 0 Å². The minimum absolute atomic E-state index is 0.106. The SMILES string of the molecule is COC(=O)C1C(C)=NC2=C(C(=O)c3ccccc32)C1c1ccccc1Cl. The first-order valence-electron chi connectivity index (χ1n) is 8.30. The number of methoxy groups -OCH3 is 1. The van der Waals surface area contributed by atoms with Crippen molar-refractivity contribution in [3.63, 3.8) is 0 Å². The number of allylic oxidation sites excluding steroid dienone is 1. The van der Waals surface area contributed by atoms with Crippen molar-refractivity contribution in [1.29, 1.82) is 0 Å². The molecule has 5 heteroatoms. The third-order valence-electron chi connectivity index (χ3n) is 5.00. The third kappa shape index (κ3) is 2.33. The molecular weight excluding hydrogens is 350 g/mol. The van der Waals surface area contributed by atoms with Crippen molar-refractivity contribution in [2.75, 3.05) is 7.11 Å². The summed E-state index contributed by atoms with van der Waals surface area (Å²) in [5.41, 5.74) is 3.90. The van der Waals surface area contributed by atoms with Crippen LogP contribution in [0.2, 0.25) is 5.02 Å². The van der Waals surface area contributed by atoms with Crippen LogP contribution in [0.4, 0.5) is 0 Å². The van der Waals surface area contributed by atoms with E-state index < -0.39 is 17.8 Å². The van der Waals surface area contributed by atoms with Crippen LogP contribution in [0, 0.1) is 5.92 Å². The molecule has 130 valence electrons. The summed E-state index contributed by atoms with van der Waals surface area (Å²) in [4.78, 5) is 30.4. The van der Waals surface area contributed by atoms with E-state index in [2.05, 4.69) is 4.99 Å². The molecule has 0 aromatic heterocycles. The Morgan fingerprint density at radius 3 is 2.42 bits per heavy atom. The van der Waals surface area contributed by atoms with Crippen molar-refractivity contribution in [3.05, 3.63) is 75.8 Å². The zero-order valence-corrected chi connectivity index (χ0v) is 15.1. The van der Waals surface area contributed by atoms with Crippen LogP contribution in [0.5, 0.6) is 0 Å². The molecule has 0 saturated carbocycles. The molecule has 2 aliphatic rings. The largest absolute Gasteiger partial charge is 0.468 e. The van der Waals surface area contributed by atoms with Gasteiger partial charge < -0.3 is 4.74 Å². The normalized spacial score (nSPS) is 21.2. The van der Waals surface area contributed by atoms with Crippen LogP contribution in [0.25, 0.3) is 5.70 Å². The van der Waals surface area contributed by atoms with Gasteiger partial charge in [0.25, 0.3) is 0 Å². The second-order valence-electron chi connectivity index (χ2n) is 6.39. The summed E-state index contributed by atoms with van der Waals surface area (Å²) in [6.45, 7) is 1.79. The highest BCUT2D eigenvalue weighted by Crippen LogP contribution is 2.49. The van der Waals surface area contributed by atoms with Gasteiger partial charge in [-0.25, -0.2) is 0 Å². The molecule has 0 saturated heterocycles. The Bertz CT molecular complexity index is 1010.